The molecule has 3 rings (SSSR count). The Morgan fingerprint density at radius 1 is 1.39 bits per heavy atom. The minimum absolute atomic E-state index is 0.0868. The summed E-state index contributed by atoms with van der Waals surface area (Å²) < 4.78 is 3.74. The van der Waals surface area contributed by atoms with Gasteiger partial charge in [-0.2, -0.15) is 4.68 Å². The standard InChI is InChI=1S/C15H22N6O2/c1-18-8-5-16-15(18)11-13-3-2-6-19(12-13)9-10-20-7-4-14(17-20)21(22)23/h4-5,7-8,13H,2-3,6,9-12H2,1H3/t13-/m0/s1. The van der Waals surface area contributed by atoms with Gasteiger partial charge >= 0.3 is 5.82 Å². The molecule has 0 amide bonds. The second-order valence-electron chi connectivity index (χ2n) is 6.16. The highest BCUT2D eigenvalue weighted by Crippen LogP contribution is 2.20. The van der Waals surface area contributed by atoms with E-state index in [1.807, 2.05) is 19.4 Å². The van der Waals surface area contributed by atoms with Crippen molar-refractivity contribution in [1.82, 2.24) is 24.2 Å². The van der Waals surface area contributed by atoms with Gasteiger partial charge in [0.15, 0.2) is 0 Å². The van der Waals surface area contributed by atoms with Crippen LogP contribution in [-0.4, -0.2) is 48.8 Å². The largest absolute Gasteiger partial charge is 0.389 e. The van der Waals surface area contributed by atoms with E-state index in [2.05, 4.69) is 19.5 Å². The summed E-state index contributed by atoms with van der Waals surface area (Å²) in [5, 5.41) is 14.6. The van der Waals surface area contributed by atoms with E-state index in [4.69, 9.17) is 0 Å². The first-order valence-electron chi connectivity index (χ1n) is 7.98. The van der Waals surface area contributed by atoms with Crippen molar-refractivity contribution in [1.29, 1.82) is 0 Å². The van der Waals surface area contributed by atoms with E-state index in [0.29, 0.717) is 12.5 Å². The first kappa shape index (κ1) is 15.7. The Hall–Kier alpha value is -2.22. The van der Waals surface area contributed by atoms with Crippen molar-refractivity contribution < 1.29 is 4.92 Å². The van der Waals surface area contributed by atoms with Crippen LogP contribution in [0, 0.1) is 16.0 Å². The zero-order valence-corrected chi connectivity index (χ0v) is 13.3. The average molecular weight is 318 g/mol. The molecule has 2 aromatic rings. The molecule has 1 aliphatic rings. The van der Waals surface area contributed by atoms with E-state index in [1.54, 1.807) is 10.9 Å². The van der Waals surface area contributed by atoms with E-state index in [1.165, 1.54) is 18.9 Å². The predicted molar refractivity (Wildman–Crippen MR) is 85.0 cm³/mol. The molecule has 3 heterocycles. The van der Waals surface area contributed by atoms with Crippen molar-refractivity contribution in [3.05, 3.63) is 40.6 Å². The highest BCUT2D eigenvalue weighted by atomic mass is 16.6. The third-order valence-electron chi connectivity index (χ3n) is 4.45. The maximum Gasteiger partial charge on any atom is 0.389 e. The molecule has 8 nitrogen and oxygen atoms in total. The van der Waals surface area contributed by atoms with Gasteiger partial charge in [-0.25, -0.2) is 4.98 Å². The lowest BCUT2D eigenvalue weighted by molar-refractivity contribution is -0.389. The first-order chi connectivity index (χ1) is 11.1. The predicted octanol–water partition coefficient (Wildman–Crippen LogP) is 1.48. The van der Waals surface area contributed by atoms with E-state index >= 15 is 0 Å². The fourth-order valence-corrected chi connectivity index (χ4v) is 3.19. The number of hydrogen-bond donors (Lipinski definition) is 0. The van der Waals surface area contributed by atoms with Crippen LogP contribution in [0.4, 0.5) is 5.82 Å². The molecule has 1 fully saturated rings. The second kappa shape index (κ2) is 6.91. The fourth-order valence-electron chi connectivity index (χ4n) is 3.19. The van der Waals surface area contributed by atoms with Crippen LogP contribution in [0.1, 0.15) is 18.7 Å². The van der Waals surface area contributed by atoms with Crippen LogP contribution < -0.4 is 0 Å². The van der Waals surface area contributed by atoms with Crippen LogP contribution in [0.15, 0.2) is 24.7 Å². The van der Waals surface area contributed by atoms with E-state index in [-0.39, 0.29) is 5.82 Å². The highest BCUT2D eigenvalue weighted by Gasteiger charge is 2.21. The maximum absolute atomic E-state index is 10.7. The zero-order chi connectivity index (χ0) is 16.2. The Kier molecular flexibility index (Phi) is 4.71. The van der Waals surface area contributed by atoms with E-state index in [0.717, 1.165) is 31.9 Å². The van der Waals surface area contributed by atoms with Crippen molar-refractivity contribution in [2.75, 3.05) is 19.6 Å². The number of likely N-dealkylation sites (tertiary alicyclic amines) is 1. The maximum atomic E-state index is 10.7. The molecular weight excluding hydrogens is 296 g/mol. The molecular formula is C15H22N6O2. The van der Waals surface area contributed by atoms with Gasteiger partial charge in [0.05, 0.1) is 23.9 Å². The Labute approximate surface area is 134 Å². The smallest absolute Gasteiger partial charge is 0.358 e. The third kappa shape index (κ3) is 3.95. The van der Waals surface area contributed by atoms with E-state index in [9.17, 15) is 10.1 Å². The average Bonchev–Trinajstić information content (AvgIpc) is 3.16. The SMILES string of the molecule is Cn1ccnc1C[C@@H]1CCCN(CCn2ccc([N+](=O)[O-])n2)C1. The number of aromatic nitrogens is 4. The molecule has 0 spiro atoms. The number of rotatable bonds is 6. The molecule has 0 aromatic carbocycles. The van der Waals surface area contributed by atoms with Crippen molar-refractivity contribution in [2.24, 2.45) is 13.0 Å². The normalized spacial score (nSPS) is 19.1. The zero-order valence-electron chi connectivity index (χ0n) is 13.3. The molecule has 1 aliphatic heterocycles. The Balaban J connectivity index is 1.50. The molecule has 8 heteroatoms. The molecule has 0 N–H and O–H groups in total. The molecule has 0 bridgehead atoms. The monoisotopic (exact) mass is 318 g/mol. The van der Waals surface area contributed by atoms with Crippen molar-refractivity contribution >= 4 is 5.82 Å². The van der Waals surface area contributed by atoms with Gasteiger partial charge in [-0.1, -0.05) is 0 Å². The summed E-state index contributed by atoms with van der Waals surface area (Å²) in [6, 6.07) is 1.44. The lowest BCUT2D eigenvalue weighted by Gasteiger charge is -2.32. The van der Waals surface area contributed by atoms with Gasteiger partial charge in [-0.3, -0.25) is 0 Å². The van der Waals surface area contributed by atoms with Gasteiger partial charge < -0.3 is 19.6 Å². The number of imidazole rings is 1. The van der Waals surface area contributed by atoms with Gasteiger partial charge in [0, 0.05) is 39.0 Å². The molecule has 0 unspecified atom stereocenters. The summed E-state index contributed by atoms with van der Waals surface area (Å²) in [5.74, 6) is 1.67. The molecule has 2 aromatic heterocycles. The summed E-state index contributed by atoms with van der Waals surface area (Å²) in [6.07, 6.45) is 8.94. The minimum atomic E-state index is -0.458. The van der Waals surface area contributed by atoms with Crippen molar-refractivity contribution in [3.8, 4) is 0 Å². The highest BCUT2D eigenvalue weighted by molar-refractivity contribution is 5.13. The molecule has 124 valence electrons. The summed E-state index contributed by atoms with van der Waals surface area (Å²) >= 11 is 0. The van der Waals surface area contributed by atoms with Crippen LogP contribution >= 0.6 is 0 Å². The number of hydrogen-bond acceptors (Lipinski definition) is 5. The molecule has 1 saturated heterocycles. The van der Waals surface area contributed by atoms with Gasteiger partial charge in [0.2, 0.25) is 0 Å². The second-order valence-corrected chi connectivity index (χ2v) is 6.16. The van der Waals surface area contributed by atoms with Gasteiger partial charge in [0.1, 0.15) is 5.82 Å². The fraction of sp³-hybridized carbons (Fsp3) is 0.600. The number of aryl methyl sites for hydroxylation is 1. The van der Waals surface area contributed by atoms with Gasteiger partial charge in [-0.15, -0.1) is 0 Å². The van der Waals surface area contributed by atoms with Crippen LogP contribution in [0.5, 0.6) is 0 Å². The van der Waals surface area contributed by atoms with Gasteiger partial charge in [-0.05, 0) is 30.2 Å². The Bertz CT molecular complexity index is 664. The topological polar surface area (TPSA) is 82.0 Å². The lowest BCUT2D eigenvalue weighted by atomic mass is 9.94. The number of nitro groups is 1. The minimum Gasteiger partial charge on any atom is -0.358 e. The summed E-state index contributed by atoms with van der Waals surface area (Å²) in [6.45, 7) is 3.69. The van der Waals surface area contributed by atoms with E-state index < -0.39 is 4.92 Å². The Morgan fingerprint density at radius 3 is 2.96 bits per heavy atom. The van der Waals surface area contributed by atoms with Gasteiger partial charge in [0.25, 0.3) is 0 Å². The molecule has 1 atom stereocenters. The summed E-state index contributed by atoms with van der Waals surface area (Å²) in [5.41, 5.74) is 0. The first-order valence-corrected chi connectivity index (χ1v) is 7.98. The third-order valence-corrected chi connectivity index (χ3v) is 4.45. The molecule has 0 saturated carbocycles. The lowest BCUT2D eigenvalue weighted by Crippen LogP contribution is -2.38. The number of piperidine rings is 1. The quantitative estimate of drug-likeness (QED) is 0.595. The van der Waals surface area contributed by atoms with Crippen LogP contribution in [0.2, 0.25) is 0 Å². The van der Waals surface area contributed by atoms with Crippen LogP contribution in [0.25, 0.3) is 0 Å². The number of nitrogens with zero attached hydrogens (tertiary/aromatic N) is 6. The molecule has 0 radical (unpaired) electrons. The Morgan fingerprint density at radius 2 is 2.26 bits per heavy atom. The van der Waals surface area contributed by atoms with Crippen molar-refractivity contribution in [3.63, 3.8) is 0 Å². The molecule has 0 aliphatic carbocycles. The summed E-state index contributed by atoms with van der Waals surface area (Å²) in [4.78, 5) is 17.0. The van der Waals surface area contributed by atoms with Crippen molar-refractivity contribution in [2.45, 2.75) is 25.8 Å². The van der Waals surface area contributed by atoms with Crippen LogP contribution in [-0.2, 0) is 20.0 Å². The molecule has 23 heavy (non-hydrogen) atoms. The van der Waals surface area contributed by atoms with Crippen LogP contribution in [0.3, 0.4) is 0 Å². The summed E-state index contributed by atoms with van der Waals surface area (Å²) in [7, 11) is 2.04.